The second kappa shape index (κ2) is 31.5. The molecule has 7 heteroatoms. The van der Waals surface area contributed by atoms with Crippen LogP contribution in [0.1, 0.15) is 99.9 Å². The SMILES string of the molecule is CC1(C)c2ccccc2-c2cc(-c3cccc(-n4c5ccccc5c5ccc6c7ccccc7oc6c54)c3)cc(-c3ccccc3)c21.CC1(C)c2ccccc2-c2cc(-c3cccc(-n4c5ccccc5c5ccc6c7ccccc7oc6c54)c3)cc(-c3ccccc3)c21.CC1(C)c2ccccc2-c2nc(-c3ccc(-n4c5ccccc5c5ccc6c(c54)C(C)(C)c4ccccc4-6)cc3)nc(-c3ccccc3)c21. The van der Waals surface area contributed by atoms with Crippen LogP contribution >= 0.6 is 0 Å². The Bertz CT molecular complexity index is 9460. The molecule has 30 rings (SSSR count). The van der Waals surface area contributed by atoms with Gasteiger partial charge in [0.2, 0.25) is 0 Å². The molecule has 0 bridgehead atoms. The Kier molecular flexibility index (Phi) is 18.4. The molecule has 0 fully saturated rings. The van der Waals surface area contributed by atoms with Gasteiger partial charge in [-0.1, -0.05) is 383 Å². The lowest BCUT2D eigenvalue weighted by atomic mass is 9.78. The zero-order valence-corrected chi connectivity index (χ0v) is 80.7. The van der Waals surface area contributed by atoms with Crippen LogP contribution in [-0.4, -0.2) is 23.7 Å². The molecule has 4 aliphatic carbocycles. The fourth-order valence-corrected chi connectivity index (χ4v) is 25.4. The number of fused-ring (bicyclic) bond motifs is 30. The second-order valence-corrected chi connectivity index (χ2v) is 41.3. The molecule has 0 aliphatic heterocycles. The topological polar surface area (TPSA) is 66.8 Å². The van der Waals surface area contributed by atoms with Crippen LogP contribution < -0.4 is 0 Å². The van der Waals surface area contributed by atoms with E-state index in [0.717, 1.165) is 100 Å². The lowest BCUT2D eigenvalue weighted by Crippen LogP contribution is -2.17. The van der Waals surface area contributed by atoms with Crippen molar-refractivity contribution in [3.05, 3.63) is 487 Å². The molecule has 7 nitrogen and oxygen atoms in total. The Balaban J connectivity index is 0.000000105. The normalized spacial score (nSPS) is 14.0. The van der Waals surface area contributed by atoms with Crippen molar-refractivity contribution in [2.45, 2.75) is 77.0 Å². The minimum atomic E-state index is -0.205. The highest BCUT2D eigenvalue weighted by atomic mass is 16.3. The first kappa shape index (κ1) is 83.6. The largest absolute Gasteiger partial charge is 0.454 e. The quantitative estimate of drug-likeness (QED) is 0.144. The van der Waals surface area contributed by atoms with E-state index in [-0.39, 0.29) is 21.7 Å². The molecule has 0 saturated carbocycles. The van der Waals surface area contributed by atoms with Gasteiger partial charge in [0.1, 0.15) is 11.2 Å². The summed E-state index contributed by atoms with van der Waals surface area (Å²) in [6.45, 7) is 18.8. The van der Waals surface area contributed by atoms with Crippen LogP contribution in [0, 0.1) is 0 Å². The number of hydrogen-bond donors (Lipinski definition) is 0. The van der Waals surface area contributed by atoms with E-state index in [9.17, 15) is 0 Å². The van der Waals surface area contributed by atoms with Gasteiger partial charge in [0, 0.05) is 115 Å². The maximum absolute atomic E-state index is 6.62. The highest BCUT2D eigenvalue weighted by molar-refractivity contribution is 6.24. The van der Waals surface area contributed by atoms with Gasteiger partial charge in [0.25, 0.3) is 0 Å². The summed E-state index contributed by atoms with van der Waals surface area (Å²) in [6.07, 6.45) is 0. The summed E-state index contributed by atoms with van der Waals surface area (Å²) in [7, 11) is 0. The van der Waals surface area contributed by atoms with E-state index in [1.807, 2.05) is 12.1 Å². The minimum Gasteiger partial charge on any atom is -0.454 e. The van der Waals surface area contributed by atoms with Gasteiger partial charge in [0.15, 0.2) is 17.0 Å². The summed E-state index contributed by atoms with van der Waals surface area (Å²) in [5.74, 6) is 0.747. The zero-order chi connectivity index (χ0) is 95.6. The van der Waals surface area contributed by atoms with Crippen LogP contribution in [0.5, 0.6) is 0 Å². The van der Waals surface area contributed by atoms with E-state index in [1.54, 1.807) is 0 Å². The highest BCUT2D eigenvalue weighted by Gasteiger charge is 2.44. The average molecular weight is 1830 g/mol. The van der Waals surface area contributed by atoms with Crippen molar-refractivity contribution >= 4 is 109 Å². The van der Waals surface area contributed by atoms with Crippen molar-refractivity contribution in [1.29, 1.82) is 0 Å². The molecule has 678 valence electrons. The molecule has 0 spiro atoms. The lowest BCUT2D eigenvalue weighted by molar-refractivity contribution is 0.658. The minimum absolute atomic E-state index is 0.0988. The molecular formula is C136H97N5O2. The monoisotopic (exact) mass is 1830 g/mol. The maximum Gasteiger partial charge on any atom is 0.160 e. The van der Waals surface area contributed by atoms with E-state index in [0.29, 0.717) is 0 Å². The van der Waals surface area contributed by atoms with E-state index in [2.05, 4.69) is 500 Å². The van der Waals surface area contributed by atoms with E-state index in [4.69, 9.17) is 18.8 Å². The van der Waals surface area contributed by atoms with Crippen LogP contribution in [0.25, 0.3) is 238 Å². The van der Waals surface area contributed by atoms with Crippen LogP contribution in [0.3, 0.4) is 0 Å². The van der Waals surface area contributed by atoms with Gasteiger partial charge >= 0.3 is 0 Å². The number of para-hydroxylation sites is 5. The van der Waals surface area contributed by atoms with Crippen LogP contribution in [0.15, 0.2) is 452 Å². The first-order chi connectivity index (χ1) is 70.0. The number of furan rings is 2. The molecule has 6 aromatic heterocycles. The second-order valence-electron chi connectivity index (χ2n) is 41.3. The van der Waals surface area contributed by atoms with Gasteiger partial charge in [-0.2, -0.15) is 0 Å². The van der Waals surface area contributed by atoms with Crippen molar-refractivity contribution in [2.24, 2.45) is 0 Å². The molecule has 0 amide bonds. The lowest BCUT2D eigenvalue weighted by Gasteiger charge is -2.25. The van der Waals surface area contributed by atoms with Crippen molar-refractivity contribution in [3.8, 4) is 129 Å². The third-order valence-corrected chi connectivity index (χ3v) is 31.9. The molecule has 0 atom stereocenters. The van der Waals surface area contributed by atoms with Gasteiger partial charge in [0.05, 0.1) is 44.5 Å². The predicted octanol–water partition coefficient (Wildman–Crippen LogP) is 36.2. The van der Waals surface area contributed by atoms with E-state index in [1.165, 1.54) is 182 Å². The van der Waals surface area contributed by atoms with Crippen molar-refractivity contribution in [2.75, 3.05) is 0 Å². The smallest absolute Gasteiger partial charge is 0.160 e. The van der Waals surface area contributed by atoms with Crippen LogP contribution in [-0.2, 0) is 21.7 Å². The predicted molar refractivity (Wildman–Crippen MR) is 595 cm³/mol. The van der Waals surface area contributed by atoms with Gasteiger partial charge in [-0.05, 0) is 232 Å². The molecule has 0 saturated heterocycles. The third kappa shape index (κ3) is 12.5. The van der Waals surface area contributed by atoms with Gasteiger partial charge in [-0.25, -0.2) is 9.97 Å². The Hall–Kier alpha value is -17.5. The molecule has 6 heterocycles. The molecule has 0 radical (unpaired) electrons. The van der Waals surface area contributed by atoms with Crippen molar-refractivity contribution in [3.63, 3.8) is 0 Å². The summed E-state index contributed by atoms with van der Waals surface area (Å²) in [5.41, 5.74) is 47.6. The Morgan fingerprint density at radius 1 is 0.189 bits per heavy atom. The Morgan fingerprint density at radius 3 is 0.993 bits per heavy atom. The number of hydrogen-bond acceptors (Lipinski definition) is 4. The maximum atomic E-state index is 6.62. The Morgan fingerprint density at radius 2 is 0.524 bits per heavy atom. The van der Waals surface area contributed by atoms with E-state index >= 15 is 0 Å². The summed E-state index contributed by atoms with van der Waals surface area (Å²) in [4.78, 5) is 10.6. The standard InChI is InChI=1S/C46H35N3.2C45H31NO/c1-45(2)36-19-11-8-16-31(36)33-26-27-34-32-17-10-13-21-38(32)49(43(34)39(33)45)30-24-22-29(23-25-30)44-47-41(28-14-6-5-7-15-28)40-42(48-44)35-18-9-12-20-37(35)46(40,3)4;2*1-45(2)39-20-9-6-17-32(39)38-27-30(26-37(42(38)45)28-13-4-3-5-14-28)29-15-12-16-31(25-29)46-40-21-10-7-18-33(40)35-23-24-36-34-19-8-11-22-41(34)47-44(36)43(35)46/h5-27H,1-4H3;2*3-27H,1-2H3. The number of benzene rings is 20. The fourth-order valence-electron chi connectivity index (χ4n) is 25.4. The molecule has 26 aromatic rings. The van der Waals surface area contributed by atoms with Gasteiger partial charge in [-0.15, -0.1) is 0 Å². The summed E-state index contributed by atoms with van der Waals surface area (Å²) in [5, 5.41) is 12.0. The summed E-state index contributed by atoms with van der Waals surface area (Å²) >= 11 is 0. The molecular weight excluding hydrogens is 1740 g/mol. The first-order valence-electron chi connectivity index (χ1n) is 49.9. The molecule has 4 aliphatic rings. The van der Waals surface area contributed by atoms with Crippen molar-refractivity contribution in [1.82, 2.24) is 23.7 Å². The fraction of sp³-hybridized carbons (Fsp3) is 0.0882. The molecule has 143 heavy (non-hydrogen) atoms. The van der Waals surface area contributed by atoms with Crippen LogP contribution in [0.2, 0.25) is 0 Å². The van der Waals surface area contributed by atoms with E-state index < -0.39 is 0 Å². The zero-order valence-electron chi connectivity index (χ0n) is 80.7. The average Bonchev–Trinajstić information content (AvgIpc) is 1.54. The Labute approximate surface area is 829 Å². The van der Waals surface area contributed by atoms with Gasteiger partial charge < -0.3 is 22.5 Å². The molecule has 0 unspecified atom stereocenters. The third-order valence-electron chi connectivity index (χ3n) is 31.9. The van der Waals surface area contributed by atoms with Crippen LogP contribution in [0.4, 0.5) is 0 Å². The molecule has 20 aromatic carbocycles. The summed E-state index contributed by atoms with van der Waals surface area (Å²) < 4.78 is 20.5. The first-order valence-corrected chi connectivity index (χ1v) is 49.9. The van der Waals surface area contributed by atoms with Gasteiger partial charge in [-0.3, -0.25) is 0 Å². The number of rotatable bonds is 9. The highest BCUT2D eigenvalue weighted by Crippen LogP contribution is 2.59. The number of aromatic nitrogens is 5. The van der Waals surface area contributed by atoms with Crippen molar-refractivity contribution < 1.29 is 8.83 Å². The number of nitrogens with zero attached hydrogens (tertiary/aromatic N) is 5. The molecule has 0 N–H and O–H groups in total. The summed E-state index contributed by atoms with van der Waals surface area (Å²) in [6, 6.07) is 161.